The van der Waals surface area contributed by atoms with Gasteiger partial charge in [-0.1, -0.05) is 6.07 Å². The second-order valence-electron chi connectivity index (χ2n) is 4.09. The van der Waals surface area contributed by atoms with Crippen molar-refractivity contribution in [2.75, 3.05) is 26.3 Å². The Morgan fingerprint density at radius 3 is 2.94 bits per heavy atom. The number of aliphatic hydroxyl groups is 1. The summed E-state index contributed by atoms with van der Waals surface area (Å²) in [6.07, 6.45) is 0. The summed E-state index contributed by atoms with van der Waals surface area (Å²) in [5, 5.41) is 8.85. The van der Waals surface area contributed by atoms with Crippen LogP contribution in [0.1, 0.15) is 0 Å². The number of benzene rings is 1. The minimum atomic E-state index is -0.0199. The van der Waals surface area contributed by atoms with E-state index in [1.807, 2.05) is 24.3 Å². The molecule has 0 radical (unpaired) electrons. The summed E-state index contributed by atoms with van der Waals surface area (Å²) >= 11 is 2.20. The molecule has 1 amide bonds. The molecule has 1 saturated heterocycles. The zero-order valence-corrected chi connectivity index (χ0v) is 11.5. The third-order valence-electron chi connectivity index (χ3n) is 2.73. The van der Waals surface area contributed by atoms with Crippen molar-refractivity contribution < 1.29 is 14.6 Å². The van der Waals surface area contributed by atoms with E-state index in [4.69, 9.17) is 9.84 Å². The summed E-state index contributed by atoms with van der Waals surface area (Å²) in [5.74, 6) is 0.940. The molecule has 4 nitrogen and oxygen atoms in total. The topological polar surface area (TPSA) is 49.8 Å². The Labute approximate surface area is 114 Å². The minimum Gasteiger partial charge on any atom is -0.484 e. The fourth-order valence-corrected chi connectivity index (χ4v) is 2.20. The van der Waals surface area contributed by atoms with E-state index in [0.29, 0.717) is 18.8 Å². The monoisotopic (exact) mass is 347 g/mol. The van der Waals surface area contributed by atoms with Crippen LogP contribution in [0.5, 0.6) is 5.75 Å². The standard InChI is InChI=1S/C12H14INO3/c13-10-2-1-3-11(4-10)17-8-12(16)14-5-9(6-14)7-15/h1-4,9,15H,5-8H2. The molecule has 0 atom stereocenters. The molecule has 0 saturated carbocycles. The molecule has 1 fully saturated rings. The third kappa shape index (κ3) is 3.32. The molecule has 0 bridgehead atoms. The predicted octanol–water partition coefficient (Wildman–Crippen LogP) is 1.12. The number of likely N-dealkylation sites (tertiary alicyclic amines) is 1. The molecule has 92 valence electrons. The summed E-state index contributed by atoms with van der Waals surface area (Å²) in [4.78, 5) is 13.4. The number of amides is 1. The first-order valence-corrected chi connectivity index (χ1v) is 6.54. The van der Waals surface area contributed by atoms with Crippen molar-refractivity contribution in [3.63, 3.8) is 0 Å². The lowest BCUT2D eigenvalue weighted by atomic mass is 10.0. The van der Waals surface area contributed by atoms with Gasteiger partial charge < -0.3 is 14.7 Å². The van der Waals surface area contributed by atoms with Crippen LogP contribution in [0.25, 0.3) is 0 Å². The molecule has 0 unspecified atom stereocenters. The number of hydrogen-bond acceptors (Lipinski definition) is 3. The molecule has 17 heavy (non-hydrogen) atoms. The van der Waals surface area contributed by atoms with Gasteiger partial charge >= 0.3 is 0 Å². The number of carbonyl (C=O) groups is 1. The van der Waals surface area contributed by atoms with Crippen molar-refractivity contribution in [1.29, 1.82) is 0 Å². The first kappa shape index (κ1) is 12.6. The van der Waals surface area contributed by atoms with Crippen molar-refractivity contribution in [3.05, 3.63) is 27.8 Å². The number of rotatable bonds is 4. The van der Waals surface area contributed by atoms with Crippen LogP contribution in [0.3, 0.4) is 0 Å². The average molecular weight is 347 g/mol. The van der Waals surface area contributed by atoms with E-state index in [-0.39, 0.29) is 25.0 Å². The summed E-state index contributed by atoms with van der Waals surface area (Å²) in [6.45, 7) is 1.51. The molecule has 1 heterocycles. The lowest BCUT2D eigenvalue weighted by Crippen LogP contribution is -2.52. The fourth-order valence-electron chi connectivity index (χ4n) is 1.68. The second-order valence-corrected chi connectivity index (χ2v) is 5.34. The van der Waals surface area contributed by atoms with Gasteiger partial charge in [-0.2, -0.15) is 0 Å². The van der Waals surface area contributed by atoms with Gasteiger partial charge in [-0.05, 0) is 40.8 Å². The predicted molar refractivity (Wildman–Crippen MR) is 71.8 cm³/mol. The van der Waals surface area contributed by atoms with Crippen LogP contribution in [0, 0.1) is 9.49 Å². The highest BCUT2D eigenvalue weighted by atomic mass is 127. The van der Waals surface area contributed by atoms with Gasteiger partial charge in [0.05, 0.1) is 0 Å². The maximum absolute atomic E-state index is 11.7. The van der Waals surface area contributed by atoms with Crippen molar-refractivity contribution in [2.24, 2.45) is 5.92 Å². The van der Waals surface area contributed by atoms with Crippen LogP contribution in [-0.4, -0.2) is 42.2 Å². The lowest BCUT2D eigenvalue weighted by Gasteiger charge is -2.38. The Morgan fingerprint density at radius 1 is 1.53 bits per heavy atom. The van der Waals surface area contributed by atoms with Crippen molar-refractivity contribution in [2.45, 2.75) is 0 Å². The van der Waals surface area contributed by atoms with Gasteiger partial charge in [-0.25, -0.2) is 0 Å². The van der Waals surface area contributed by atoms with Gasteiger partial charge in [-0.3, -0.25) is 4.79 Å². The number of halogens is 1. The van der Waals surface area contributed by atoms with Crippen LogP contribution in [0.2, 0.25) is 0 Å². The number of hydrogen-bond donors (Lipinski definition) is 1. The normalized spacial score (nSPS) is 15.5. The first-order valence-electron chi connectivity index (χ1n) is 5.46. The molecule has 5 heteroatoms. The molecule has 1 aliphatic heterocycles. The molecule has 0 spiro atoms. The third-order valence-corrected chi connectivity index (χ3v) is 3.40. The summed E-state index contributed by atoms with van der Waals surface area (Å²) < 4.78 is 6.50. The van der Waals surface area contributed by atoms with E-state index < -0.39 is 0 Å². The van der Waals surface area contributed by atoms with Crippen LogP contribution in [0.15, 0.2) is 24.3 Å². The Balaban J connectivity index is 1.77. The van der Waals surface area contributed by atoms with Gasteiger partial charge in [0, 0.05) is 29.2 Å². The van der Waals surface area contributed by atoms with Gasteiger partial charge in [-0.15, -0.1) is 0 Å². The maximum Gasteiger partial charge on any atom is 0.260 e. The van der Waals surface area contributed by atoms with E-state index in [0.717, 1.165) is 3.57 Å². The molecule has 1 aliphatic rings. The zero-order valence-electron chi connectivity index (χ0n) is 9.30. The van der Waals surface area contributed by atoms with Gasteiger partial charge in [0.1, 0.15) is 5.75 Å². The lowest BCUT2D eigenvalue weighted by molar-refractivity contribution is -0.140. The fraction of sp³-hybridized carbons (Fsp3) is 0.417. The van der Waals surface area contributed by atoms with Crippen LogP contribution < -0.4 is 4.74 Å². The van der Waals surface area contributed by atoms with Crippen molar-refractivity contribution in [3.8, 4) is 5.75 Å². The Bertz CT molecular complexity index is 404. The largest absolute Gasteiger partial charge is 0.484 e. The summed E-state index contributed by atoms with van der Waals surface area (Å²) in [6, 6.07) is 7.59. The highest BCUT2D eigenvalue weighted by Gasteiger charge is 2.29. The second kappa shape index (κ2) is 5.68. The van der Waals surface area contributed by atoms with Gasteiger partial charge in [0.25, 0.3) is 5.91 Å². The SMILES string of the molecule is O=C(COc1cccc(I)c1)N1CC(CO)C1. The van der Waals surface area contributed by atoms with E-state index in [1.54, 1.807) is 4.90 Å². The molecule has 0 aromatic heterocycles. The van der Waals surface area contributed by atoms with Gasteiger partial charge in [0.2, 0.25) is 0 Å². The summed E-state index contributed by atoms with van der Waals surface area (Å²) in [5.41, 5.74) is 0. The molecule has 1 aromatic carbocycles. The molecule has 1 aromatic rings. The van der Waals surface area contributed by atoms with Crippen molar-refractivity contribution >= 4 is 28.5 Å². The number of ether oxygens (including phenoxy) is 1. The number of nitrogens with zero attached hydrogens (tertiary/aromatic N) is 1. The quantitative estimate of drug-likeness (QED) is 0.831. The maximum atomic E-state index is 11.7. The van der Waals surface area contributed by atoms with Crippen LogP contribution in [-0.2, 0) is 4.79 Å². The number of carbonyl (C=O) groups excluding carboxylic acids is 1. The first-order chi connectivity index (χ1) is 8.19. The van der Waals surface area contributed by atoms with Crippen molar-refractivity contribution in [1.82, 2.24) is 4.90 Å². The molecule has 2 rings (SSSR count). The van der Waals surface area contributed by atoms with E-state index >= 15 is 0 Å². The Morgan fingerprint density at radius 2 is 2.29 bits per heavy atom. The molecular weight excluding hydrogens is 333 g/mol. The van der Waals surface area contributed by atoms with Crippen LogP contribution >= 0.6 is 22.6 Å². The van der Waals surface area contributed by atoms with E-state index in [9.17, 15) is 4.79 Å². The zero-order chi connectivity index (χ0) is 12.3. The average Bonchev–Trinajstić information content (AvgIpc) is 2.25. The highest BCUT2D eigenvalue weighted by Crippen LogP contribution is 2.17. The van der Waals surface area contributed by atoms with E-state index in [2.05, 4.69) is 22.6 Å². The van der Waals surface area contributed by atoms with Crippen LogP contribution in [0.4, 0.5) is 0 Å². The summed E-state index contributed by atoms with van der Waals surface area (Å²) in [7, 11) is 0. The minimum absolute atomic E-state index is 0.0199. The van der Waals surface area contributed by atoms with Gasteiger partial charge in [0.15, 0.2) is 6.61 Å². The number of aliphatic hydroxyl groups excluding tert-OH is 1. The smallest absolute Gasteiger partial charge is 0.260 e. The van der Waals surface area contributed by atoms with E-state index in [1.165, 1.54) is 0 Å². The molecule has 0 aliphatic carbocycles. The Kier molecular flexibility index (Phi) is 4.22. The molecule has 1 N–H and O–H groups in total. The molecular formula is C12H14INO3. The Hall–Kier alpha value is -0.820. The highest BCUT2D eigenvalue weighted by molar-refractivity contribution is 14.1.